The zero-order chi connectivity index (χ0) is 25.7. The fraction of sp³-hybridized carbons (Fsp3) is 0.276. The van der Waals surface area contributed by atoms with Crippen LogP contribution in [0.2, 0.25) is 0 Å². The molecule has 7 nitrogen and oxygen atoms in total. The fourth-order valence-corrected chi connectivity index (χ4v) is 4.39. The maximum atomic E-state index is 13.6. The number of rotatable bonds is 8. The molecule has 7 heteroatoms. The predicted octanol–water partition coefficient (Wildman–Crippen LogP) is 5.18. The number of nitrogens with one attached hydrogen (secondary N) is 1. The van der Waals surface area contributed by atoms with Gasteiger partial charge in [-0.1, -0.05) is 60.2 Å². The van der Waals surface area contributed by atoms with Gasteiger partial charge >= 0.3 is 6.09 Å². The van der Waals surface area contributed by atoms with E-state index >= 15 is 0 Å². The van der Waals surface area contributed by atoms with E-state index in [0.29, 0.717) is 29.9 Å². The van der Waals surface area contributed by atoms with Crippen molar-refractivity contribution in [3.8, 4) is 0 Å². The molecule has 0 radical (unpaired) electrons. The molecule has 1 N–H and O–H groups in total. The van der Waals surface area contributed by atoms with Crippen molar-refractivity contribution in [2.75, 3.05) is 18.4 Å². The molecule has 3 aromatic rings. The number of hydrogen-bond acceptors (Lipinski definition) is 4. The summed E-state index contributed by atoms with van der Waals surface area (Å²) < 4.78 is 5.80. The molecular formula is C29H31N3O4. The van der Waals surface area contributed by atoms with Gasteiger partial charge in [0, 0.05) is 24.3 Å². The monoisotopic (exact) mass is 485 g/mol. The Morgan fingerprint density at radius 2 is 1.64 bits per heavy atom. The Morgan fingerprint density at radius 3 is 2.31 bits per heavy atom. The van der Waals surface area contributed by atoms with Crippen LogP contribution in [-0.4, -0.2) is 46.8 Å². The van der Waals surface area contributed by atoms with Crippen molar-refractivity contribution >= 4 is 23.6 Å². The van der Waals surface area contributed by atoms with Crippen LogP contribution in [0.25, 0.3) is 0 Å². The maximum Gasteiger partial charge on any atom is 0.411 e. The van der Waals surface area contributed by atoms with Crippen LogP contribution >= 0.6 is 0 Å². The summed E-state index contributed by atoms with van der Waals surface area (Å²) in [5.41, 5.74) is 3.77. The SMILES string of the molecule is CCN(CC)C(=O)C1C(c2cccc(NC(=O)c3ccccc3)c2)OC(=O)N1Cc1ccc(C)cc1. The first kappa shape index (κ1) is 25.0. The number of aryl methyl sites for hydroxylation is 1. The van der Waals surface area contributed by atoms with Gasteiger partial charge in [-0.25, -0.2) is 4.79 Å². The molecule has 2 atom stereocenters. The summed E-state index contributed by atoms with van der Waals surface area (Å²) in [6, 6.07) is 23.1. The molecule has 0 spiro atoms. The van der Waals surface area contributed by atoms with Crippen LogP contribution in [0, 0.1) is 6.92 Å². The summed E-state index contributed by atoms with van der Waals surface area (Å²) in [5, 5.41) is 2.89. The Labute approximate surface area is 211 Å². The highest BCUT2D eigenvalue weighted by atomic mass is 16.6. The van der Waals surface area contributed by atoms with Crippen LogP contribution < -0.4 is 5.32 Å². The second kappa shape index (κ2) is 11.1. The van der Waals surface area contributed by atoms with Crippen molar-refractivity contribution < 1.29 is 19.1 Å². The summed E-state index contributed by atoms with van der Waals surface area (Å²) in [6.07, 6.45) is -1.34. The first-order chi connectivity index (χ1) is 17.4. The molecule has 1 fully saturated rings. The Hall–Kier alpha value is -4.13. The summed E-state index contributed by atoms with van der Waals surface area (Å²) in [6.45, 7) is 7.14. The molecule has 3 amide bonds. The molecule has 1 aliphatic rings. The largest absolute Gasteiger partial charge is 0.438 e. The van der Waals surface area contributed by atoms with E-state index < -0.39 is 18.2 Å². The molecule has 1 heterocycles. The second-order valence-corrected chi connectivity index (χ2v) is 8.82. The molecule has 0 aliphatic carbocycles. The van der Waals surface area contributed by atoms with Gasteiger partial charge in [0.25, 0.3) is 5.91 Å². The molecule has 0 bridgehead atoms. The van der Waals surface area contributed by atoms with Crippen molar-refractivity contribution in [1.82, 2.24) is 9.80 Å². The number of carbonyl (C=O) groups excluding carboxylic acids is 3. The fourth-order valence-electron chi connectivity index (χ4n) is 4.39. The number of amides is 3. The van der Waals surface area contributed by atoms with Crippen LogP contribution in [0.3, 0.4) is 0 Å². The summed E-state index contributed by atoms with van der Waals surface area (Å²) >= 11 is 0. The van der Waals surface area contributed by atoms with Crippen molar-refractivity contribution in [3.63, 3.8) is 0 Å². The molecule has 2 unspecified atom stereocenters. The third-order valence-corrected chi connectivity index (χ3v) is 6.40. The van der Waals surface area contributed by atoms with Crippen LogP contribution in [0.15, 0.2) is 78.9 Å². The van der Waals surface area contributed by atoms with E-state index in [-0.39, 0.29) is 18.4 Å². The number of anilines is 1. The zero-order valence-electron chi connectivity index (χ0n) is 20.8. The summed E-state index contributed by atoms with van der Waals surface area (Å²) in [4.78, 5) is 42.5. The highest BCUT2D eigenvalue weighted by Crippen LogP contribution is 2.36. The number of benzene rings is 3. The summed E-state index contributed by atoms with van der Waals surface area (Å²) in [7, 11) is 0. The number of likely N-dealkylation sites (N-methyl/N-ethyl adjacent to an activating group) is 1. The smallest absolute Gasteiger partial charge is 0.411 e. The van der Waals surface area contributed by atoms with Gasteiger partial charge in [0.05, 0.1) is 6.54 Å². The number of ether oxygens (including phenoxy) is 1. The van der Waals surface area contributed by atoms with Crippen LogP contribution in [0.4, 0.5) is 10.5 Å². The van der Waals surface area contributed by atoms with E-state index in [0.717, 1.165) is 11.1 Å². The van der Waals surface area contributed by atoms with Gasteiger partial charge < -0.3 is 15.0 Å². The van der Waals surface area contributed by atoms with Crippen LogP contribution in [0.5, 0.6) is 0 Å². The molecule has 4 rings (SSSR count). The van der Waals surface area contributed by atoms with E-state index in [1.54, 1.807) is 47.4 Å². The molecular weight excluding hydrogens is 454 g/mol. The van der Waals surface area contributed by atoms with Crippen molar-refractivity contribution in [2.24, 2.45) is 0 Å². The van der Waals surface area contributed by atoms with E-state index in [1.807, 2.05) is 57.2 Å². The van der Waals surface area contributed by atoms with Gasteiger partial charge in [-0.3, -0.25) is 14.5 Å². The first-order valence-corrected chi connectivity index (χ1v) is 12.2. The molecule has 186 valence electrons. The number of carbonyl (C=O) groups is 3. The molecule has 1 saturated heterocycles. The highest BCUT2D eigenvalue weighted by Gasteiger charge is 2.48. The van der Waals surface area contributed by atoms with E-state index in [4.69, 9.17) is 4.74 Å². The minimum atomic E-state index is -0.821. The lowest BCUT2D eigenvalue weighted by molar-refractivity contribution is -0.136. The normalized spacial score (nSPS) is 17.0. The van der Waals surface area contributed by atoms with Gasteiger partial charge in [0.15, 0.2) is 12.1 Å². The summed E-state index contributed by atoms with van der Waals surface area (Å²) in [5.74, 6) is -0.408. The first-order valence-electron chi connectivity index (χ1n) is 12.2. The number of hydrogen-bond donors (Lipinski definition) is 1. The van der Waals surface area contributed by atoms with Crippen molar-refractivity contribution in [3.05, 3.63) is 101 Å². The van der Waals surface area contributed by atoms with Crippen molar-refractivity contribution in [2.45, 2.75) is 39.5 Å². The zero-order valence-corrected chi connectivity index (χ0v) is 20.8. The third kappa shape index (κ3) is 5.40. The van der Waals surface area contributed by atoms with E-state index in [1.165, 1.54) is 4.90 Å². The third-order valence-electron chi connectivity index (χ3n) is 6.40. The van der Waals surface area contributed by atoms with Gasteiger partial charge in [0.2, 0.25) is 5.91 Å². The van der Waals surface area contributed by atoms with Gasteiger partial charge in [-0.15, -0.1) is 0 Å². The highest BCUT2D eigenvalue weighted by molar-refractivity contribution is 6.04. The molecule has 1 aliphatic heterocycles. The molecule has 0 aromatic heterocycles. The average molecular weight is 486 g/mol. The molecule has 3 aromatic carbocycles. The van der Waals surface area contributed by atoms with E-state index in [9.17, 15) is 14.4 Å². The Kier molecular flexibility index (Phi) is 7.68. The second-order valence-electron chi connectivity index (χ2n) is 8.82. The lowest BCUT2D eigenvalue weighted by Gasteiger charge is -2.29. The van der Waals surface area contributed by atoms with Crippen LogP contribution in [-0.2, 0) is 16.1 Å². The maximum absolute atomic E-state index is 13.6. The van der Waals surface area contributed by atoms with Gasteiger partial charge in [0.1, 0.15) is 0 Å². The quantitative estimate of drug-likeness (QED) is 0.477. The Balaban J connectivity index is 1.64. The number of cyclic esters (lactones) is 1. The van der Waals surface area contributed by atoms with Crippen LogP contribution in [0.1, 0.15) is 47.0 Å². The lowest BCUT2D eigenvalue weighted by atomic mass is 9.99. The van der Waals surface area contributed by atoms with Gasteiger partial charge in [-0.2, -0.15) is 0 Å². The minimum absolute atomic E-state index is 0.165. The Morgan fingerprint density at radius 1 is 0.944 bits per heavy atom. The van der Waals surface area contributed by atoms with Gasteiger partial charge in [-0.05, 0) is 56.2 Å². The molecule has 0 saturated carbocycles. The topological polar surface area (TPSA) is 79.0 Å². The minimum Gasteiger partial charge on any atom is -0.438 e. The standard InChI is InChI=1S/C29H31N3O4/c1-4-31(5-2)28(34)25-26(36-29(35)32(25)19-21-16-14-20(3)15-17-21)23-12-9-13-24(18-23)30-27(33)22-10-7-6-8-11-22/h6-18,25-26H,4-5,19H2,1-3H3,(H,30,33). The van der Waals surface area contributed by atoms with E-state index in [2.05, 4.69) is 5.32 Å². The Bertz CT molecular complexity index is 1220. The predicted molar refractivity (Wildman–Crippen MR) is 138 cm³/mol. The lowest BCUT2D eigenvalue weighted by Crippen LogP contribution is -2.48. The average Bonchev–Trinajstić information content (AvgIpc) is 3.22. The van der Waals surface area contributed by atoms with Crippen molar-refractivity contribution in [1.29, 1.82) is 0 Å². The molecule has 36 heavy (non-hydrogen) atoms. The number of nitrogens with zero attached hydrogens (tertiary/aromatic N) is 2.